The van der Waals surface area contributed by atoms with Crippen LogP contribution < -0.4 is 9.64 Å². The molecule has 0 aliphatic carbocycles. The Kier molecular flexibility index (Phi) is 6.61. The zero-order chi connectivity index (χ0) is 20.9. The molecule has 1 aromatic carbocycles. The molecule has 0 saturated heterocycles. The first-order valence-corrected chi connectivity index (χ1v) is 8.02. The van der Waals surface area contributed by atoms with Gasteiger partial charge in [0.25, 0.3) is 0 Å². The molecule has 0 spiro atoms. The van der Waals surface area contributed by atoms with Gasteiger partial charge in [0.2, 0.25) is 0 Å². The third-order valence-corrected chi connectivity index (χ3v) is 3.70. The highest BCUT2D eigenvalue weighted by Crippen LogP contribution is 2.39. The van der Waals surface area contributed by atoms with Crippen LogP contribution in [0.15, 0.2) is 36.5 Å². The van der Waals surface area contributed by atoms with Crippen LogP contribution >= 0.6 is 11.6 Å². The molecule has 2 rings (SSSR count). The van der Waals surface area contributed by atoms with Gasteiger partial charge in [0.1, 0.15) is 24.1 Å². The van der Waals surface area contributed by atoms with E-state index in [1.807, 2.05) is 0 Å². The molecule has 28 heavy (non-hydrogen) atoms. The lowest BCUT2D eigenvalue weighted by Crippen LogP contribution is -2.37. The van der Waals surface area contributed by atoms with Gasteiger partial charge in [-0.1, -0.05) is 17.7 Å². The van der Waals surface area contributed by atoms with E-state index in [0.29, 0.717) is 11.0 Å². The summed E-state index contributed by atoms with van der Waals surface area (Å²) in [6, 6.07) is 5.29. The summed E-state index contributed by atoms with van der Waals surface area (Å²) in [4.78, 5) is 7.21. The maximum absolute atomic E-state index is 13.1. The first-order valence-electron chi connectivity index (χ1n) is 7.64. The van der Waals surface area contributed by atoms with E-state index >= 15 is 0 Å². The number of pyridine rings is 1. The minimum atomic E-state index is -4.87. The van der Waals surface area contributed by atoms with Gasteiger partial charge in [-0.2, -0.15) is 26.3 Å². The van der Waals surface area contributed by atoms with Gasteiger partial charge < -0.3 is 9.64 Å². The Morgan fingerprint density at radius 2 is 1.82 bits per heavy atom. The quantitative estimate of drug-likeness (QED) is 0.336. The second kappa shape index (κ2) is 8.56. The first-order chi connectivity index (χ1) is 13.0. The van der Waals surface area contributed by atoms with Crippen molar-refractivity contribution in [2.24, 2.45) is 0 Å². The minimum absolute atomic E-state index is 0.200. The minimum Gasteiger partial charge on any atom is -0.490 e. The fourth-order valence-electron chi connectivity index (χ4n) is 2.28. The molecule has 0 N–H and O–H groups in total. The first kappa shape index (κ1) is 21.6. The summed E-state index contributed by atoms with van der Waals surface area (Å²) in [5.74, 6) is 0.246. The van der Waals surface area contributed by atoms with Crippen LogP contribution in [0.25, 0.3) is 4.85 Å². The fourth-order valence-corrected chi connectivity index (χ4v) is 2.39. The van der Waals surface area contributed by atoms with Crippen molar-refractivity contribution in [3.63, 3.8) is 0 Å². The van der Waals surface area contributed by atoms with Crippen molar-refractivity contribution >= 4 is 23.0 Å². The Morgan fingerprint density at radius 3 is 2.36 bits per heavy atom. The summed E-state index contributed by atoms with van der Waals surface area (Å²) in [5.41, 5.74) is -2.31. The number of benzene rings is 1. The van der Waals surface area contributed by atoms with Gasteiger partial charge in [0, 0.05) is 5.69 Å². The summed E-state index contributed by atoms with van der Waals surface area (Å²) in [5, 5.41) is 0.200. The van der Waals surface area contributed by atoms with Crippen LogP contribution in [-0.4, -0.2) is 30.9 Å². The summed E-state index contributed by atoms with van der Waals surface area (Å²) >= 11 is 5.61. The Bertz CT molecular complexity index is 846. The molecule has 1 aromatic heterocycles. The van der Waals surface area contributed by atoms with Gasteiger partial charge in [-0.05, 0) is 24.3 Å². The average Bonchev–Trinajstić information content (AvgIpc) is 2.60. The normalized spacial score (nSPS) is 11.8. The highest BCUT2D eigenvalue weighted by atomic mass is 35.5. The van der Waals surface area contributed by atoms with Gasteiger partial charge in [0.05, 0.1) is 24.9 Å². The topological polar surface area (TPSA) is 29.7 Å². The van der Waals surface area contributed by atoms with Crippen LogP contribution in [-0.2, 0) is 6.18 Å². The molecule has 0 radical (unpaired) electrons. The molecule has 4 nitrogen and oxygen atoms in total. The lowest BCUT2D eigenvalue weighted by atomic mass is 10.1. The van der Waals surface area contributed by atoms with Crippen molar-refractivity contribution in [3.05, 3.63) is 58.7 Å². The van der Waals surface area contributed by atoms with Gasteiger partial charge >= 0.3 is 12.4 Å². The Balaban J connectivity index is 2.23. The number of anilines is 1. The largest absolute Gasteiger partial charge is 0.490 e. The van der Waals surface area contributed by atoms with E-state index in [4.69, 9.17) is 22.9 Å². The highest BCUT2D eigenvalue weighted by Gasteiger charge is 2.35. The third-order valence-electron chi connectivity index (χ3n) is 3.47. The predicted octanol–water partition coefficient (Wildman–Crippen LogP) is 5.75. The number of nitrogens with zero attached hydrogens (tertiary/aromatic N) is 3. The molecule has 0 bridgehead atoms. The number of ether oxygens (including phenoxy) is 1. The zero-order valence-corrected chi connectivity index (χ0v) is 14.7. The van der Waals surface area contributed by atoms with Crippen LogP contribution in [0.5, 0.6) is 5.75 Å². The summed E-state index contributed by atoms with van der Waals surface area (Å²) in [6.45, 7) is 4.73. The van der Waals surface area contributed by atoms with Gasteiger partial charge in [-0.15, -0.1) is 0 Å². The van der Waals surface area contributed by atoms with E-state index in [1.165, 1.54) is 18.3 Å². The van der Waals surface area contributed by atoms with Crippen molar-refractivity contribution in [1.29, 1.82) is 0 Å². The predicted molar refractivity (Wildman–Crippen MR) is 90.7 cm³/mol. The van der Waals surface area contributed by atoms with Crippen LogP contribution in [0.1, 0.15) is 5.56 Å². The number of hydrogen-bond donors (Lipinski definition) is 0. The lowest BCUT2D eigenvalue weighted by molar-refractivity contribution is -0.136. The zero-order valence-electron chi connectivity index (χ0n) is 14.0. The number of hydrogen-bond acceptors (Lipinski definition) is 3. The number of rotatable bonds is 6. The van der Waals surface area contributed by atoms with Gasteiger partial charge in [-0.25, -0.2) is 9.83 Å². The summed E-state index contributed by atoms with van der Waals surface area (Å²) in [7, 11) is 0. The molecule has 0 atom stereocenters. The third kappa shape index (κ3) is 6.20. The van der Waals surface area contributed by atoms with Crippen LogP contribution in [0.3, 0.4) is 0 Å². The van der Waals surface area contributed by atoms with Gasteiger partial charge in [0.15, 0.2) is 5.69 Å². The van der Waals surface area contributed by atoms with E-state index in [1.54, 1.807) is 0 Å². The van der Waals surface area contributed by atoms with E-state index < -0.39 is 30.1 Å². The Labute approximate surface area is 161 Å². The number of alkyl halides is 6. The van der Waals surface area contributed by atoms with Crippen molar-refractivity contribution in [3.8, 4) is 5.75 Å². The van der Waals surface area contributed by atoms with Crippen LogP contribution in [0, 0.1) is 6.57 Å². The average molecular weight is 424 g/mol. The Morgan fingerprint density at radius 1 is 1.11 bits per heavy atom. The molecule has 0 aliphatic rings. The summed E-state index contributed by atoms with van der Waals surface area (Å²) < 4.78 is 83.2. The molecule has 150 valence electrons. The highest BCUT2D eigenvalue weighted by molar-refractivity contribution is 6.29. The molecule has 2 aromatic rings. The Hall–Kier alpha value is -2.67. The molecule has 0 amide bonds. The smallest absolute Gasteiger partial charge is 0.407 e. The fraction of sp³-hybridized carbons (Fsp3) is 0.294. The maximum atomic E-state index is 13.1. The molecule has 11 heteroatoms. The SMILES string of the molecule is [C-]#[N+]c1ccc(N(CCOc2ccc(Cl)nc2)CC(F)(F)F)cc1C(F)(F)F. The lowest BCUT2D eigenvalue weighted by Gasteiger charge is -2.27. The second-order valence-corrected chi connectivity index (χ2v) is 5.90. The van der Waals surface area contributed by atoms with E-state index in [9.17, 15) is 26.3 Å². The van der Waals surface area contributed by atoms with Crippen molar-refractivity contribution < 1.29 is 31.1 Å². The number of halogens is 7. The molecular formula is C17H12ClF6N3O. The molecule has 0 saturated carbocycles. The van der Waals surface area contributed by atoms with Crippen molar-refractivity contribution in [2.75, 3.05) is 24.6 Å². The van der Waals surface area contributed by atoms with Crippen LogP contribution in [0.2, 0.25) is 5.15 Å². The second-order valence-electron chi connectivity index (χ2n) is 5.51. The van der Waals surface area contributed by atoms with Crippen molar-refractivity contribution in [1.82, 2.24) is 4.98 Å². The number of aromatic nitrogens is 1. The molecular weight excluding hydrogens is 412 g/mol. The van der Waals surface area contributed by atoms with E-state index in [2.05, 4.69) is 9.83 Å². The molecule has 0 fully saturated rings. The van der Waals surface area contributed by atoms with E-state index in [-0.39, 0.29) is 29.7 Å². The molecule has 0 aliphatic heterocycles. The van der Waals surface area contributed by atoms with Crippen LogP contribution in [0.4, 0.5) is 37.7 Å². The maximum Gasteiger partial charge on any atom is 0.407 e. The molecule has 0 unspecified atom stereocenters. The molecule has 1 heterocycles. The monoisotopic (exact) mass is 423 g/mol. The van der Waals surface area contributed by atoms with E-state index in [0.717, 1.165) is 12.1 Å². The van der Waals surface area contributed by atoms with Gasteiger partial charge in [-0.3, -0.25) is 0 Å². The van der Waals surface area contributed by atoms with Crippen molar-refractivity contribution in [2.45, 2.75) is 12.4 Å². The standard InChI is InChI=1S/C17H12ClF6N3O/c1-25-14-4-2-11(8-13(14)17(22,23)24)27(10-16(19,20)21)6-7-28-12-3-5-15(18)26-9-12/h2-5,8-9H,6-7,10H2. The summed E-state index contributed by atoms with van der Waals surface area (Å²) in [6.07, 6.45) is -8.26.